The van der Waals surface area contributed by atoms with Gasteiger partial charge in [-0.3, -0.25) is 0 Å². The first kappa shape index (κ1) is 58.8. The van der Waals surface area contributed by atoms with Crippen molar-refractivity contribution in [3.05, 3.63) is 283 Å². The topological polar surface area (TPSA) is 11.4 Å². The maximum absolute atomic E-state index is 2.64. The Balaban J connectivity index is 0.793. The zero-order chi connectivity index (χ0) is 60.7. The number of aromatic nitrogens is 1. The maximum atomic E-state index is 2.64. The van der Waals surface area contributed by atoms with Crippen molar-refractivity contribution in [1.82, 2.24) is 4.57 Å². The van der Waals surface area contributed by atoms with Crippen LogP contribution >= 0.6 is 0 Å². The van der Waals surface area contributed by atoms with Crippen LogP contribution in [0.4, 0.5) is 34.1 Å². The van der Waals surface area contributed by atoms with Crippen molar-refractivity contribution in [1.29, 1.82) is 0 Å². The monoisotopic (exact) mass is 1160 g/mol. The summed E-state index contributed by atoms with van der Waals surface area (Å²) in [6.45, 7) is 11.5. The highest BCUT2D eigenvalue weighted by Crippen LogP contribution is 2.56. The molecule has 444 valence electrons. The number of fused-ring (bicyclic) bond motifs is 6. The molecule has 0 amide bonds. The van der Waals surface area contributed by atoms with E-state index in [2.05, 4.69) is 304 Å². The fourth-order valence-corrected chi connectivity index (χ4v) is 14.5. The summed E-state index contributed by atoms with van der Waals surface area (Å²) in [5.74, 6) is 0. The van der Waals surface area contributed by atoms with Gasteiger partial charge < -0.3 is 14.4 Å². The predicted octanol–water partition coefficient (Wildman–Crippen LogP) is 25.4. The Hall–Kier alpha value is -9.18. The van der Waals surface area contributed by atoms with Crippen molar-refractivity contribution in [2.75, 3.05) is 9.80 Å². The Labute approximate surface area is 530 Å². The molecule has 1 aliphatic carbocycles. The minimum atomic E-state index is 0.0331. The molecular weight excluding hydrogens is 1070 g/mol. The lowest BCUT2D eigenvalue weighted by atomic mass is 9.70. The van der Waals surface area contributed by atoms with Crippen LogP contribution in [0.2, 0.25) is 0 Å². The van der Waals surface area contributed by atoms with Crippen LogP contribution in [0, 0.1) is 20.8 Å². The zero-order valence-corrected chi connectivity index (χ0v) is 53.0. The zero-order valence-electron chi connectivity index (χ0n) is 53.0. The highest BCUT2D eigenvalue weighted by molar-refractivity contribution is 6.10. The highest BCUT2D eigenvalue weighted by Gasteiger charge is 2.43. The maximum Gasteiger partial charge on any atom is 0.0547 e. The van der Waals surface area contributed by atoms with E-state index in [9.17, 15) is 0 Å². The molecule has 12 aromatic rings. The smallest absolute Gasteiger partial charge is 0.0547 e. The van der Waals surface area contributed by atoms with Crippen LogP contribution in [0.1, 0.15) is 132 Å². The van der Waals surface area contributed by atoms with Crippen LogP contribution in [0.15, 0.2) is 255 Å². The van der Waals surface area contributed by atoms with Gasteiger partial charge in [-0.1, -0.05) is 254 Å². The Morgan fingerprint density at radius 2 is 0.730 bits per heavy atom. The van der Waals surface area contributed by atoms with Gasteiger partial charge in [0.1, 0.15) is 0 Å². The Bertz CT molecular complexity index is 4270. The SMILES string of the molecule is CCCCCCCCC1(CCCCCCCC)c2cc(C)ccc2-c2cc(C)c(-c3ccc(N(c4ccc(C)cc4)c4ccc(-c5ccc6c7ccccc7n(-c7ccc(-c8ccc(N(c9ccccc9)c9ccccc9)cc8)cc7)c6c5)cc4)cc3)cc21. The number of hydrogen-bond acceptors (Lipinski definition) is 2. The number of rotatable bonds is 24. The van der Waals surface area contributed by atoms with E-state index < -0.39 is 0 Å². The van der Waals surface area contributed by atoms with E-state index >= 15 is 0 Å². The van der Waals surface area contributed by atoms with Gasteiger partial charge in [0, 0.05) is 56.0 Å². The third-order valence-corrected chi connectivity index (χ3v) is 19.2. The van der Waals surface area contributed by atoms with E-state index in [4.69, 9.17) is 0 Å². The molecule has 0 N–H and O–H groups in total. The second-order valence-corrected chi connectivity index (χ2v) is 25.3. The minimum Gasteiger partial charge on any atom is -0.311 e. The molecule has 0 bridgehead atoms. The average Bonchev–Trinajstić information content (AvgIpc) is 1.59. The Morgan fingerprint density at radius 1 is 0.303 bits per heavy atom. The number of hydrogen-bond donors (Lipinski definition) is 0. The molecule has 0 fully saturated rings. The number of unbranched alkanes of at least 4 members (excludes halogenated alkanes) is 10. The highest BCUT2D eigenvalue weighted by atomic mass is 15.1. The second-order valence-electron chi connectivity index (χ2n) is 25.3. The summed E-state index contributed by atoms with van der Waals surface area (Å²) in [4.78, 5) is 4.72. The van der Waals surface area contributed by atoms with E-state index in [0.29, 0.717) is 0 Å². The number of aryl methyl sites for hydroxylation is 3. The van der Waals surface area contributed by atoms with Gasteiger partial charge in [0.25, 0.3) is 0 Å². The lowest BCUT2D eigenvalue weighted by Gasteiger charge is -2.33. The Morgan fingerprint density at radius 3 is 1.29 bits per heavy atom. The fourth-order valence-electron chi connectivity index (χ4n) is 14.5. The number of para-hydroxylation sites is 3. The van der Waals surface area contributed by atoms with Crippen molar-refractivity contribution in [3.8, 4) is 50.2 Å². The Kier molecular flexibility index (Phi) is 17.6. The lowest BCUT2D eigenvalue weighted by molar-refractivity contribution is 0.398. The molecule has 0 saturated carbocycles. The van der Waals surface area contributed by atoms with Crippen molar-refractivity contribution >= 4 is 55.9 Å². The van der Waals surface area contributed by atoms with Gasteiger partial charge in [-0.2, -0.15) is 0 Å². The molecule has 0 atom stereocenters. The molecule has 89 heavy (non-hydrogen) atoms. The standard InChI is InChI=1S/C86H85N3/c1-6-8-10-12-14-24-56-86(57-25-15-13-11-9-7-2)82-58-63(4)34-54-77(82)81-59-64(5)80(61-83(81)86)68-41-52-75(53-42-68)88(72-44-32-62(3)33-45-72)74-48-39-67(40-49-74)69-43-55-79-78-30-22-23-31-84(78)89(85(79)60-69)76-50-37-66(38-51-76)65-35-46-73(47-36-65)87(70-26-18-16-19-27-70)71-28-20-17-21-29-71/h16-23,26-55,58-61H,6-15,24-25,56-57H2,1-5H3. The first-order valence-electron chi connectivity index (χ1n) is 33.3. The molecule has 0 aliphatic heterocycles. The summed E-state index contributed by atoms with van der Waals surface area (Å²) in [6, 6.07) is 95.1. The number of nitrogens with zero attached hydrogens (tertiary/aromatic N) is 3. The predicted molar refractivity (Wildman–Crippen MR) is 383 cm³/mol. The summed E-state index contributed by atoms with van der Waals surface area (Å²) in [6.07, 6.45) is 18.3. The summed E-state index contributed by atoms with van der Waals surface area (Å²) in [5.41, 5.74) is 27.7. The van der Waals surface area contributed by atoms with Crippen LogP contribution in [0.5, 0.6) is 0 Å². The van der Waals surface area contributed by atoms with E-state index in [-0.39, 0.29) is 5.41 Å². The van der Waals surface area contributed by atoms with Crippen molar-refractivity contribution in [2.24, 2.45) is 0 Å². The molecular formula is C86H85N3. The summed E-state index contributed by atoms with van der Waals surface area (Å²) in [7, 11) is 0. The molecule has 0 saturated heterocycles. The second kappa shape index (κ2) is 26.7. The van der Waals surface area contributed by atoms with Crippen LogP contribution in [0.25, 0.3) is 72.0 Å². The largest absolute Gasteiger partial charge is 0.311 e. The van der Waals surface area contributed by atoms with Gasteiger partial charge >= 0.3 is 0 Å². The van der Waals surface area contributed by atoms with Crippen LogP contribution < -0.4 is 9.80 Å². The van der Waals surface area contributed by atoms with Gasteiger partial charge in [-0.05, 0) is 198 Å². The molecule has 11 aromatic carbocycles. The van der Waals surface area contributed by atoms with E-state index in [1.54, 1.807) is 11.1 Å². The lowest BCUT2D eigenvalue weighted by Crippen LogP contribution is -2.26. The van der Waals surface area contributed by atoms with Crippen molar-refractivity contribution in [2.45, 2.75) is 130 Å². The van der Waals surface area contributed by atoms with Crippen molar-refractivity contribution < 1.29 is 0 Å². The summed E-state index contributed by atoms with van der Waals surface area (Å²) in [5, 5.41) is 2.49. The molecule has 1 aromatic heterocycles. The van der Waals surface area contributed by atoms with E-state index in [1.807, 2.05) is 0 Å². The van der Waals surface area contributed by atoms with E-state index in [1.165, 1.54) is 173 Å². The van der Waals surface area contributed by atoms with Crippen LogP contribution in [-0.4, -0.2) is 4.57 Å². The van der Waals surface area contributed by atoms with Gasteiger partial charge in [0.15, 0.2) is 0 Å². The van der Waals surface area contributed by atoms with Gasteiger partial charge in [-0.25, -0.2) is 0 Å². The molecule has 3 heteroatoms. The summed E-state index contributed by atoms with van der Waals surface area (Å²) >= 11 is 0. The van der Waals surface area contributed by atoms with Crippen molar-refractivity contribution in [3.63, 3.8) is 0 Å². The summed E-state index contributed by atoms with van der Waals surface area (Å²) < 4.78 is 2.43. The normalized spacial score (nSPS) is 12.4. The third kappa shape index (κ3) is 12.1. The van der Waals surface area contributed by atoms with Crippen LogP contribution in [0.3, 0.4) is 0 Å². The molecule has 3 nitrogen and oxygen atoms in total. The first-order chi connectivity index (χ1) is 43.8. The van der Waals surface area contributed by atoms with E-state index in [0.717, 1.165) is 39.8 Å². The molecule has 13 rings (SSSR count). The fraction of sp³-hybridized carbons (Fsp3) is 0.233. The van der Waals surface area contributed by atoms with Crippen LogP contribution in [-0.2, 0) is 5.41 Å². The molecule has 1 heterocycles. The van der Waals surface area contributed by atoms with Gasteiger partial charge in [-0.15, -0.1) is 0 Å². The molecule has 0 unspecified atom stereocenters. The number of benzene rings is 11. The van der Waals surface area contributed by atoms with Gasteiger partial charge in [0.2, 0.25) is 0 Å². The quantitative estimate of drug-likeness (QED) is 0.0559. The molecule has 1 aliphatic rings. The first-order valence-corrected chi connectivity index (χ1v) is 33.3. The molecule has 0 radical (unpaired) electrons. The van der Waals surface area contributed by atoms with Gasteiger partial charge in [0.05, 0.1) is 11.0 Å². The third-order valence-electron chi connectivity index (χ3n) is 19.2. The number of anilines is 6. The average molecular weight is 1160 g/mol. The minimum absolute atomic E-state index is 0.0331. The molecule has 0 spiro atoms.